The SMILES string of the molecule is CC[C@@H](N)c1cc(C#N)ccc1F. The van der Waals surface area contributed by atoms with E-state index >= 15 is 0 Å². The zero-order valence-electron chi connectivity index (χ0n) is 7.42. The van der Waals surface area contributed by atoms with Crippen LogP contribution in [0.2, 0.25) is 0 Å². The van der Waals surface area contributed by atoms with Gasteiger partial charge in [-0.1, -0.05) is 6.92 Å². The molecule has 1 aromatic rings. The fraction of sp³-hybridized carbons (Fsp3) is 0.300. The Labute approximate surface area is 76.8 Å². The van der Waals surface area contributed by atoms with Gasteiger partial charge in [0.25, 0.3) is 0 Å². The second kappa shape index (κ2) is 4.01. The number of halogens is 1. The molecule has 0 aliphatic rings. The van der Waals surface area contributed by atoms with Gasteiger partial charge in [0, 0.05) is 11.6 Å². The Bertz CT molecular complexity index is 341. The zero-order chi connectivity index (χ0) is 9.84. The van der Waals surface area contributed by atoms with Crippen molar-refractivity contribution in [1.82, 2.24) is 0 Å². The molecule has 0 aromatic heterocycles. The Hall–Kier alpha value is -1.40. The first-order chi connectivity index (χ1) is 6.19. The van der Waals surface area contributed by atoms with Crippen molar-refractivity contribution in [2.75, 3.05) is 0 Å². The van der Waals surface area contributed by atoms with E-state index in [0.29, 0.717) is 17.5 Å². The molecule has 1 rings (SSSR count). The molecule has 0 spiro atoms. The molecule has 68 valence electrons. The van der Waals surface area contributed by atoms with Crippen LogP contribution in [0.15, 0.2) is 18.2 Å². The van der Waals surface area contributed by atoms with Crippen molar-refractivity contribution < 1.29 is 4.39 Å². The van der Waals surface area contributed by atoms with Crippen LogP contribution in [-0.2, 0) is 0 Å². The molecule has 1 atom stereocenters. The number of rotatable bonds is 2. The smallest absolute Gasteiger partial charge is 0.128 e. The molecule has 0 heterocycles. The minimum atomic E-state index is -0.339. The third kappa shape index (κ3) is 2.04. The molecule has 0 fully saturated rings. The highest BCUT2D eigenvalue weighted by Gasteiger charge is 2.09. The molecule has 2 N–H and O–H groups in total. The predicted molar refractivity (Wildman–Crippen MR) is 48.3 cm³/mol. The standard InChI is InChI=1S/C10H11FN2/c1-2-10(13)8-5-7(6-12)3-4-9(8)11/h3-5,10H,2,13H2,1H3/t10-/m1/s1. The van der Waals surface area contributed by atoms with Crippen LogP contribution in [0.25, 0.3) is 0 Å². The lowest BCUT2D eigenvalue weighted by molar-refractivity contribution is 0.575. The second-order valence-electron chi connectivity index (χ2n) is 2.86. The highest BCUT2D eigenvalue weighted by Crippen LogP contribution is 2.18. The first-order valence-electron chi connectivity index (χ1n) is 4.14. The molecule has 0 radical (unpaired) electrons. The van der Waals surface area contributed by atoms with Crippen molar-refractivity contribution >= 4 is 0 Å². The number of benzene rings is 1. The molecule has 0 saturated heterocycles. The van der Waals surface area contributed by atoms with Gasteiger partial charge in [-0.2, -0.15) is 5.26 Å². The van der Waals surface area contributed by atoms with Gasteiger partial charge in [-0.25, -0.2) is 4.39 Å². The molecule has 0 amide bonds. The van der Waals surface area contributed by atoms with Gasteiger partial charge >= 0.3 is 0 Å². The van der Waals surface area contributed by atoms with Crippen LogP contribution in [0.5, 0.6) is 0 Å². The Morgan fingerprint density at radius 2 is 2.31 bits per heavy atom. The maximum atomic E-state index is 13.2. The molecule has 0 aliphatic heterocycles. The first kappa shape index (κ1) is 9.69. The highest BCUT2D eigenvalue weighted by atomic mass is 19.1. The van der Waals surface area contributed by atoms with Crippen molar-refractivity contribution in [3.63, 3.8) is 0 Å². The first-order valence-corrected chi connectivity index (χ1v) is 4.14. The fourth-order valence-electron chi connectivity index (χ4n) is 1.12. The quantitative estimate of drug-likeness (QED) is 0.754. The van der Waals surface area contributed by atoms with Gasteiger partial charge in [0.15, 0.2) is 0 Å². The van der Waals surface area contributed by atoms with E-state index in [9.17, 15) is 4.39 Å². The van der Waals surface area contributed by atoms with E-state index in [4.69, 9.17) is 11.0 Å². The van der Waals surface area contributed by atoms with Crippen molar-refractivity contribution in [3.05, 3.63) is 35.1 Å². The van der Waals surface area contributed by atoms with Gasteiger partial charge in [-0.3, -0.25) is 0 Å². The lowest BCUT2D eigenvalue weighted by Crippen LogP contribution is -2.10. The van der Waals surface area contributed by atoms with Crippen molar-refractivity contribution in [1.29, 1.82) is 5.26 Å². The van der Waals surface area contributed by atoms with Crippen molar-refractivity contribution in [3.8, 4) is 6.07 Å². The van der Waals surface area contributed by atoms with Crippen molar-refractivity contribution in [2.45, 2.75) is 19.4 Å². The van der Waals surface area contributed by atoms with Gasteiger partial charge in [0.2, 0.25) is 0 Å². The summed E-state index contributed by atoms with van der Waals surface area (Å²) in [4.78, 5) is 0. The molecule has 0 unspecified atom stereocenters. The average Bonchev–Trinajstić information content (AvgIpc) is 2.17. The van der Waals surface area contributed by atoms with Crippen molar-refractivity contribution in [2.24, 2.45) is 5.73 Å². The van der Waals surface area contributed by atoms with Gasteiger partial charge < -0.3 is 5.73 Å². The summed E-state index contributed by atoms with van der Waals surface area (Å²) in [6, 6.07) is 5.86. The second-order valence-corrected chi connectivity index (χ2v) is 2.86. The van der Waals surface area contributed by atoms with E-state index < -0.39 is 0 Å². The lowest BCUT2D eigenvalue weighted by atomic mass is 10.0. The van der Waals surface area contributed by atoms with Crippen LogP contribution in [0.1, 0.15) is 30.5 Å². The number of hydrogen-bond acceptors (Lipinski definition) is 2. The molecule has 0 aliphatic carbocycles. The number of nitriles is 1. The van der Waals surface area contributed by atoms with Crippen LogP contribution in [0.3, 0.4) is 0 Å². The van der Waals surface area contributed by atoms with E-state index in [1.807, 2.05) is 13.0 Å². The third-order valence-electron chi connectivity index (χ3n) is 1.96. The summed E-state index contributed by atoms with van der Waals surface area (Å²) in [6.07, 6.45) is 0.659. The number of nitrogens with two attached hydrogens (primary N) is 1. The van der Waals surface area contributed by atoms with Crippen LogP contribution in [0.4, 0.5) is 4.39 Å². The summed E-state index contributed by atoms with van der Waals surface area (Å²) >= 11 is 0. The molecule has 13 heavy (non-hydrogen) atoms. The monoisotopic (exact) mass is 178 g/mol. The Morgan fingerprint density at radius 3 is 2.85 bits per heavy atom. The van der Waals surface area contributed by atoms with E-state index in [1.54, 1.807) is 0 Å². The van der Waals surface area contributed by atoms with Gasteiger partial charge in [-0.15, -0.1) is 0 Å². The number of nitrogens with zero attached hydrogens (tertiary/aromatic N) is 1. The average molecular weight is 178 g/mol. The summed E-state index contributed by atoms with van der Waals surface area (Å²) in [6.45, 7) is 1.88. The van der Waals surface area contributed by atoms with E-state index in [-0.39, 0.29) is 11.9 Å². The lowest BCUT2D eigenvalue weighted by Gasteiger charge is -2.09. The summed E-state index contributed by atoms with van der Waals surface area (Å²) in [7, 11) is 0. The fourth-order valence-corrected chi connectivity index (χ4v) is 1.12. The molecule has 0 saturated carbocycles. The molecule has 0 bridgehead atoms. The highest BCUT2D eigenvalue weighted by molar-refractivity contribution is 5.35. The maximum absolute atomic E-state index is 13.2. The normalized spacial score (nSPS) is 12.2. The number of hydrogen-bond donors (Lipinski definition) is 1. The Kier molecular flexibility index (Phi) is 2.99. The minimum absolute atomic E-state index is 0.326. The Balaban J connectivity index is 3.12. The van der Waals surface area contributed by atoms with Gasteiger partial charge in [0.05, 0.1) is 11.6 Å². The maximum Gasteiger partial charge on any atom is 0.128 e. The molecule has 1 aromatic carbocycles. The van der Waals surface area contributed by atoms with Crippen LogP contribution in [0, 0.1) is 17.1 Å². The van der Waals surface area contributed by atoms with Gasteiger partial charge in [-0.05, 0) is 24.6 Å². The van der Waals surface area contributed by atoms with Crippen LogP contribution < -0.4 is 5.73 Å². The molecular weight excluding hydrogens is 167 g/mol. The third-order valence-corrected chi connectivity index (χ3v) is 1.96. The topological polar surface area (TPSA) is 49.8 Å². The van der Waals surface area contributed by atoms with Crippen LogP contribution >= 0.6 is 0 Å². The zero-order valence-corrected chi connectivity index (χ0v) is 7.42. The summed E-state index contributed by atoms with van der Waals surface area (Å²) in [5.41, 5.74) is 6.53. The molecule has 2 nitrogen and oxygen atoms in total. The van der Waals surface area contributed by atoms with Crippen LogP contribution in [-0.4, -0.2) is 0 Å². The summed E-state index contributed by atoms with van der Waals surface area (Å²) < 4.78 is 13.2. The molecule has 3 heteroatoms. The van der Waals surface area contributed by atoms with Gasteiger partial charge in [0.1, 0.15) is 5.82 Å². The summed E-state index contributed by atoms with van der Waals surface area (Å²) in [5, 5.41) is 8.59. The Morgan fingerprint density at radius 1 is 1.62 bits per heavy atom. The van der Waals surface area contributed by atoms with E-state index in [1.165, 1.54) is 18.2 Å². The predicted octanol–water partition coefficient (Wildman–Crippen LogP) is 2.11. The minimum Gasteiger partial charge on any atom is -0.324 e. The van der Waals surface area contributed by atoms with E-state index in [2.05, 4.69) is 0 Å². The van der Waals surface area contributed by atoms with E-state index in [0.717, 1.165) is 0 Å². The molecular formula is C10H11FN2. The summed E-state index contributed by atoms with van der Waals surface area (Å²) in [5.74, 6) is -0.339. The largest absolute Gasteiger partial charge is 0.324 e.